The van der Waals surface area contributed by atoms with Gasteiger partial charge in [-0.1, -0.05) is 0 Å². The van der Waals surface area contributed by atoms with Gasteiger partial charge in [0, 0.05) is 19.7 Å². The molecule has 0 saturated carbocycles. The summed E-state index contributed by atoms with van der Waals surface area (Å²) in [6, 6.07) is -0.861. The van der Waals surface area contributed by atoms with Crippen molar-refractivity contribution in [3.8, 4) is 0 Å². The van der Waals surface area contributed by atoms with Gasteiger partial charge in [-0.15, -0.1) is 24.8 Å². The number of aryl methyl sites for hydroxylation is 1. The first-order chi connectivity index (χ1) is 5.59. The second-order valence-corrected chi connectivity index (χ2v) is 2.68. The molecule has 0 spiro atoms. The molecule has 1 heterocycles. The van der Waals surface area contributed by atoms with Crippen LogP contribution in [0.25, 0.3) is 0 Å². The molecule has 0 aliphatic carbocycles. The van der Waals surface area contributed by atoms with Crippen molar-refractivity contribution in [2.75, 3.05) is 0 Å². The lowest BCUT2D eigenvalue weighted by Gasteiger charge is -2.01. The predicted octanol–water partition coefficient (Wildman–Crippen LogP) is 0.218. The number of hydrogen-bond acceptors (Lipinski definition) is 3. The molecule has 0 aliphatic heterocycles. The molecule has 1 rings (SSSR count). The fourth-order valence-electron chi connectivity index (χ4n) is 0.885. The Hall–Kier alpha value is -0.780. The fourth-order valence-corrected chi connectivity index (χ4v) is 0.885. The number of carboxylic acids is 1. The number of imidazole rings is 1. The van der Waals surface area contributed by atoms with Crippen LogP contribution in [0.1, 0.15) is 5.69 Å². The van der Waals surface area contributed by atoms with Crippen molar-refractivity contribution in [2.24, 2.45) is 12.8 Å². The molecule has 3 N–H and O–H groups in total. The maximum Gasteiger partial charge on any atom is 0.320 e. The molecular weight excluding hydrogens is 229 g/mol. The molecule has 0 fully saturated rings. The third kappa shape index (κ3) is 4.45. The van der Waals surface area contributed by atoms with Gasteiger partial charge in [0.15, 0.2) is 0 Å². The zero-order valence-electron chi connectivity index (χ0n) is 7.58. The molecule has 7 heteroatoms. The van der Waals surface area contributed by atoms with Gasteiger partial charge in [-0.3, -0.25) is 4.79 Å². The van der Waals surface area contributed by atoms with E-state index in [-0.39, 0.29) is 31.2 Å². The molecule has 0 unspecified atom stereocenters. The van der Waals surface area contributed by atoms with Crippen molar-refractivity contribution < 1.29 is 9.90 Å². The van der Waals surface area contributed by atoms with Crippen molar-refractivity contribution in [1.29, 1.82) is 0 Å². The van der Waals surface area contributed by atoms with Crippen molar-refractivity contribution >= 4 is 30.8 Å². The normalized spacial score (nSPS) is 11.0. The summed E-state index contributed by atoms with van der Waals surface area (Å²) in [5.74, 6) is -0.999. The average Bonchev–Trinajstić information content (AvgIpc) is 2.35. The number of carboxylic acid groups (broad SMARTS) is 1. The summed E-state index contributed by atoms with van der Waals surface area (Å²) < 4.78 is 1.75. The monoisotopic (exact) mass is 241 g/mol. The van der Waals surface area contributed by atoms with Gasteiger partial charge in [-0.05, 0) is 0 Å². The molecule has 0 aromatic carbocycles. The van der Waals surface area contributed by atoms with Crippen molar-refractivity contribution in [2.45, 2.75) is 12.5 Å². The number of aliphatic carboxylic acids is 1. The van der Waals surface area contributed by atoms with E-state index in [4.69, 9.17) is 10.8 Å². The van der Waals surface area contributed by atoms with Crippen molar-refractivity contribution in [3.05, 3.63) is 18.2 Å². The van der Waals surface area contributed by atoms with E-state index in [9.17, 15) is 4.79 Å². The maximum atomic E-state index is 10.4. The highest BCUT2D eigenvalue weighted by Crippen LogP contribution is 1.97. The lowest BCUT2D eigenvalue weighted by molar-refractivity contribution is -0.138. The second-order valence-electron chi connectivity index (χ2n) is 2.68. The summed E-state index contributed by atoms with van der Waals surface area (Å²) in [6.45, 7) is 0. The number of carbonyl (C=O) groups is 1. The predicted molar refractivity (Wildman–Crippen MR) is 57.0 cm³/mol. The summed E-state index contributed by atoms with van der Waals surface area (Å²) in [5, 5.41) is 8.49. The number of nitrogens with zero attached hydrogens (tertiary/aromatic N) is 2. The SMILES string of the molecule is Cl.Cl.Cn1cnc(C[C@@H](N)C(=O)O)c1. The molecule has 82 valence electrons. The third-order valence-electron chi connectivity index (χ3n) is 1.50. The minimum Gasteiger partial charge on any atom is -0.480 e. The van der Waals surface area contributed by atoms with Crippen molar-refractivity contribution in [3.63, 3.8) is 0 Å². The highest BCUT2D eigenvalue weighted by molar-refractivity contribution is 5.85. The summed E-state index contributed by atoms with van der Waals surface area (Å²) >= 11 is 0. The van der Waals surface area contributed by atoms with E-state index in [1.165, 1.54) is 0 Å². The van der Waals surface area contributed by atoms with Crippen LogP contribution in [0.4, 0.5) is 0 Å². The zero-order valence-corrected chi connectivity index (χ0v) is 9.22. The van der Waals surface area contributed by atoms with Crippen LogP contribution >= 0.6 is 24.8 Å². The number of halogens is 2. The molecule has 1 aromatic rings. The molecular formula is C7H13Cl2N3O2. The lowest BCUT2D eigenvalue weighted by atomic mass is 10.2. The van der Waals surface area contributed by atoms with Gasteiger partial charge in [-0.25, -0.2) is 4.98 Å². The van der Waals surface area contributed by atoms with Gasteiger partial charge in [0.1, 0.15) is 6.04 Å². The summed E-state index contributed by atoms with van der Waals surface area (Å²) in [4.78, 5) is 14.3. The second kappa shape index (κ2) is 6.64. The zero-order chi connectivity index (χ0) is 9.14. The smallest absolute Gasteiger partial charge is 0.320 e. The van der Waals surface area contributed by atoms with Gasteiger partial charge in [-0.2, -0.15) is 0 Å². The molecule has 14 heavy (non-hydrogen) atoms. The first-order valence-electron chi connectivity index (χ1n) is 3.55. The summed E-state index contributed by atoms with van der Waals surface area (Å²) in [5.41, 5.74) is 6.01. The Morgan fingerprint density at radius 1 is 1.71 bits per heavy atom. The van der Waals surface area contributed by atoms with Gasteiger partial charge in [0.25, 0.3) is 0 Å². The van der Waals surface area contributed by atoms with Crippen LogP contribution in [0.2, 0.25) is 0 Å². The van der Waals surface area contributed by atoms with E-state index < -0.39 is 12.0 Å². The van der Waals surface area contributed by atoms with E-state index in [0.29, 0.717) is 5.69 Å². The van der Waals surface area contributed by atoms with Crippen LogP contribution < -0.4 is 5.73 Å². The summed E-state index contributed by atoms with van der Waals surface area (Å²) in [6.07, 6.45) is 3.64. The Morgan fingerprint density at radius 3 is 2.64 bits per heavy atom. The van der Waals surface area contributed by atoms with E-state index in [1.54, 1.807) is 17.1 Å². The number of hydrogen-bond donors (Lipinski definition) is 2. The third-order valence-corrected chi connectivity index (χ3v) is 1.50. The Morgan fingerprint density at radius 2 is 2.29 bits per heavy atom. The maximum absolute atomic E-state index is 10.4. The largest absolute Gasteiger partial charge is 0.480 e. The Bertz CT molecular complexity index is 290. The Balaban J connectivity index is 0. The van der Waals surface area contributed by atoms with Crippen LogP contribution in [0.3, 0.4) is 0 Å². The van der Waals surface area contributed by atoms with E-state index in [0.717, 1.165) is 0 Å². The van der Waals surface area contributed by atoms with Crippen LogP contribution in [0.5, 0.6) is 0 Å². The first-order valence-corrected chi connectivity index (χ1v) is 3.55. The Labute approximate surface area is 94.1 Å². The minimum atomic E-state index is -0.999. The van der Waals surface area contributed by atoms with Crippen LogP contribution in [0.15, 0.2) is 12.5 Å². The van der Waals surface area contributed by atoms with Gasteiger partial charge in [0.05, 0.1) is 12.0 Å². The number of aromatic nitrogens is 2. The topological polar surface area (TPSA) is 81.1 Å². The molecule has 0 radical (unpaired) electrons. The molecule has 5 nitrogen and oxygen atoms in total. The van der Waals surface area contributed by atoms with Crippen LogP contribution in [0, 0.1) is 0 Å². The highest BCUT2D eigenvalue weighted by atomic mass is 35.5. The van der Waals surface area contributed by atoms with Crippen LogP contribution in [-0.4, -0.2) is 26.7 Å². The Kier molecular flexibility index (Phi) is 7.44. The van der Waals surface area contributed by atoms with Gasteiger partial charge >= 0.3 is 5.97 Å². The molecule has 1 aromatic heterocycles. The quantitative estimate of drug-likeness (QED) is 0.794. The summed E-state index contributed by atoms with van der Waals surface area (Å²) in [7, 11) is 1.82. The number of rotatable bonds is 3. The molecule has 0 amide bonds. The molecule has 0 aliphatic rings. The molecule has 1 atom stereocenters. The molecule has 0 bridgehead atoms. The van der Waals surface area contributed by atoms with Crippen LogP contribution in [-0.2, 0) is 18.3 Å². The van der Waals surface area contributed by atoms with Gasteiger partial charge < -0.3 is 15.4 Å². The fraction of sp³-hybridized carbons (Fsp3) is 0.429. The standard InChI is InChI=1S/C7H11N3O2.2ClH/c1-10-3-5(9-4-10)2-6(8)7(11)12;;/h3-4,6H,2,8H2,1H3,(H,11,12);2*1H/t6-;;/m1../s1. The van der Waals surface area contributed by atoms with E-state index in [2.05, 4.69) is 4.98 Å². The first kappa shape index (κ1) is 15.7. The lowest BCUT2D eigenvalue weighted by Crippen LogP contribution is -2.32. The number of nitrogens with two attached hydrogens (primary N) is 1. The molecule has 0 saturated heterocycles. The van der Waals surface area contributed by atoms with E-state index in [1.807, 2.05) is 7.05 Å². The van der Waals surface area contributed by atoms with Gasteiger partial charge in [0.2, 0.25) is 0 Å². The van der Waals surface area contributed by atoms with Crippen molar-refractivity contribution in [1.82, 2.24) is 9.55 Å². The minimum absolute atomic E-state index is 0. The van der Waals surface area contributed by atoms with E-state index >= 15 is 0 Å². The average molecular weight is 242 g/mol. The highest BCUT2D eigenvalue weighted by Gasteiger charge is 2.12.